The smallest absolute Gasteiger partial charge is 0.273 e. The van der Waals surface area contributed by atoms with Gasteiger partial charge in [0.2, 0.25) is 0 Å². The number of nitrogens with one attached hydrogen (secondary N) is 1. The third-order valence-corrected chi connectivity index (χ3v) is 6.50. The van der Waals surface area contributed by atoms with Gasteiger partial charge in [-0.25, -0.2) is 4.98 Å². The summed E-state index contributed by atoms with van der Waals surface area (Å²) in [7, 11) is 0. The summed E-state index contributed by atoms with van der Waals surface area (Å²) < 4.78 is 5.63. The lowest BCUT2D eigenvalue weighted by Crippen LogP contribution is -2.33. The average molecular weight is 422 g/mol. The van der Waals surface area contributed by atoms with Crippen LogP contribution in [0.15, 0.2) is 29.6 Å². The molecule has 0 aliphatic carbocycles. The van der Waals surface area contributed by atoms with Crippen LogP contribution in [0, 0.1) is 11.8 Å². The van der Waals surface area contributed by atoms with Crippen molar-refractivity contribution in [3.8, 4) is 16.3 Å². The fourth-order valence-corrected chi connectivity index (χ4v) is 4.80. The van der Waals surface area contributed by atoms with Gasteiger partial charge in [-0.1, -0.05) is 6.92 Å². The molecule has 2 saturated heterocycles. The Bertz CT molecular complexity index is 766. The molecular weight excluding hydrogens is 394 g/mol. The van der Waals surface area contributed by atoms with Gasteiger partial charge in [0.1, 0.15) is 16.5 Å². The minimum absolute atomic E-state index is 0. The predicted octanol–water partition coefficient (Wildman–Crippen LogP) is 4.09. The molecule has 0 radical (unpaired) electrons. The van der Waals surface area contributed by atoms with E-state index in [4.69, 9.17) is 4.74 Å². The molecule has 152 valence electrons. The number of thiazole rings is 1. The molecule has 3 heterocycles. The molecule has 2 aliphatic heterocycles. The van der Waals surface area contributed by atoms with E-state index in [1.54, 1.807) is 0 Å². The summed E-state index contributed by atoms with van der Waals surface area (Å²) in [4.78, 5) is 19.5. The van der Waals surface area contributed by atoms with E-state index in [1.807, 2.05) is 34.5 Å². The van der Waals surface area contributed by atoms with Crippen molar-refractivity contribution >= 4 is 29.7 Å². The van der Waals surface area contributed by atoms with Crippen LogP contribution in [-0.4, -0.2) is 48.6 Å². The van der Waals surface area contributed by atoms with Gasteiger partial charge in [0.15, 0.2) is 0 Å². The van der Waals surface area contributed by atoms with Gasteiger partial charge in [0.05, 0.1) is 6.61 Å². The second-order valence-electron chi connectivity index (χ2n) is 7.46. The molecule has 0 bridgehead atoms. The molecular formula is C21H28ClN3O2S. The first-order valence-corrected chi connectivity index (χ1v) is 10.8. The Morgan fingerprint density at radius 1 is 1.21 bits per heavy atom. The normalized spacial score (nSPS) is 21.5. The van der Waals surface area contributed by atoms with Gasteiger partial charge in [-0.2, -0.15) is 0 Å². The third-order valence-electron chi connectivity index (χ3n) is 5.60. The van der Waals surface area contributed by atoms with Crippen LogP contribution in [0.3, 0.4) is 0 Å². The van der Waals surface area contributed by atoms with Gasteiger partial charge < -0.3 is 15.0 Å². The van der Waals surface area contributed by atoms with Gasteiger partial charge in [-0.15, -0.1) is 23.7 Å². The van der Waals surface area contributed by atoms with Crippen LogP contribution in [0.2, 0.25) is 0 Å². The van der Waals surface area contributed by atoms with E-state index in [-0.39, 0.29) is 18.3 Å². The molecule has 1 aromatic carbocycles. The standard InChI is InChI=1S/C21H27N3O2S.ClH/c1-2-11-26-18-5-3-15(4-6-18)20-23-19(14-27-20)21(25)24-9-7-16-12-22-13-17(16)8-10-24;/h3-6,14,16-17,22H,2,7-13H2,1H3;1H/t16-,17+;. The van der Waals surface area contributed by atoms with Gasteiger partial charge in [0.25, 0.3) is 5.91 Å². The summed E-state index contributed by atoms with van der Waals surface area (Å²) in [5.74, 6) is 2.40. The molecule has 0 spiro atoms. The zero-order chi connectivity index (χ0) is 18.6. The number of rotatable bonds is 5. The van der Waals surface area contributed by atoms with Gasteiger partial charge in [0, 0.05) is 24.0 Å². The van der Waals surface area contributed by atoms with Gasteiger partial charge in [-0.3, -0.25) is 4.79 Å². The molecule has 1 N–H and O–H groups in total. The van der Waals surface area contributed by atoms with Crippen LogP contribution >= 0.6 is 23.7 Å². The van der Waals surface area contributed by atoms with Crippen LogP contribution < -0.4 is 10.1 Å². The quantitative estimate of drug-likeness (QED) is 0.789. The number of amides is 1. The Labute approximate surface area is 176 Å². The number of hydrogen-bond donors (Lipinski definition) is 1. The van der Waals surface area contributed by atoms with E-state index in [9.17, 15) is 4.79 Å². The maximum Gasteiger partial charge on any atom is 0.273 e. The lowest BCUT2D eigenvalue weighted by Gasteiger charge is -2.19. The van der Waals surface area contributed by atoms with Crippen LogP contribution in [0.5, 0.6) is 5.75 Å². The highest BCUT2D eigenvalue weighted by Gasteiger charge is 2.32. The van der Waals surface area contributed by atoms with E-state index in [2.05, 4.69) is 17.2 Å². The number of ether oxygens (including phenoxy) is 1. The van der Waals surface area contributed by atoms with Crippen molar-refractivity contribution in [2.75, 3.05) is 32.8 Å². The monoisotopic (exact) mass is 421 g/mol. The summed E-state index contributed by atoms with van der Waals surface area (Å²) in [6, 6.07) is 7.96. The van der Waals surface area contributed by atoms with Crippen molar-refractivity contribution in [3.63, 3.8) is 0 Å². The predicted molar refractivity (Wildman–Crippen MR) is 116 cm³/mol. The second-order valence-corrected chi connectivity index (χ2v) is 8.32. The number of carbonyl (C=O) groups excluding carboxylic acids is 1. The number of carbonyl (C=O) groups is 1. The van der Waals surface area contributed by atoms with E-state index in [1.165, 1.54) is 11.3 Å². The molecule has 5 nitrogen and oxygen atoms in total. The van der Waals surface area contributed by atoms with E-state index >= 15 is 0 Å². The highest BCUT2D eigenvalue weighted by molar-refractivity contribution is 7.13. The maximum absolute atomic E-state index is 12.9. The summed E-state index contributed by atoms with van der Waals surface area (Å²) in [5.41, 5.74) is 1.60. The summed E-state index contributed by atoms with van der Waals surface area (Å²) in [5, 5.41) is 6.26. The minimum Gasteiger partial charge on any atom is -0.494 e. The first-order valence-electron chi connectivity index (χ1n) is 9.93. The number of hydrogen-bond acceptors (Lipinski definition) is 5. The molecule has 2 atom stereocenters. The molecule has 0 unspecified atom stereocenters. The van der Waals surface area contributed by atoms with E-state index in [0.29, 0.717) is 5.69 Å². The topological polar surface area (TPSA) is 54.5 Å². The number of benzene rings is 1. The Morgan fingerprint density at radius 3 is 2.54 bits per heavy atom. The summed E-state index contributed by atoms with van der Waals surface area (Å²) in [6.07, 6.45) is 3.19. The second kappa shape index (κ2) is 9.72. The zero-order valence-electron chi connectivity index (χ0n) is 16.2. The van der Waals surface area contributed by atoms with Crippen LogP contribution in [0.25, 0.3) is 10.6 Å². The Hall–Kier alpha value is -1.63. The van der Waals surface area contributed by atoms with Crippen LogP contribution in [0.1, 0.15) is 36.7 Å². The molecule has 4 rings (SSSR count). The SMILES string of the molecule is CCCOc1ccc(-c2nc(C(=O)N3CC[C@@H]4CNC[C@@H]4CC3)cs2)cc1.Cl. The van der Waals surface area contributed by atoms with Crippen molar-refractivity contribution in [1.29, 1.82) is 0 Å². The van der Waals surface area contributed by atoms with Crippen LogP contribution in [-0.2, 0) is 0 Å². The lowest BCUT2D eigenvalue weighted by molar-refractivity contribution is 0.0753. The number of halogens is 1. The van der Waals surface area contributed by atoms with Crippen molar-refractivity contribution in [2.24, 2.45) is 11.8 Å². The first-order chi connectivity index (χ1) is 13.2. The molecule has 0 saturated carbocycles. The third kappa shape index (κ3) is 4.67. The molecule has 1 aromatic heterocycles. The Kier molecular flexibility index (Phi) is 7.32. The largest absolute Gasteiger partial charge is 0.494 e. The average Bonchev–Trinajstić information content (AvgIpc) is 3.32. The highest BCUT2D eigenvalue weighted by atomic mass is 35.5. The van der Waals surface area contributed by atoms with Crippen LogP contribution in [0.4, 0.5) is 0 Å². The molecule has 28 heavy (non-hydrogen) atoms. The lowest BCUT2D eigenvalue weighted by atomic mass is 9.92. The van der Waals surface area contributed by atoms with E-state index < -0.39 is 0 Å². The summed E-state index contributed by atoms with van der Waals surface area (Å²) in [6.45, 7) is 6.71. The molecule has 2 aliphatic rings. The van der Waals surface area contributed by atoms with Gasteiger partial charge in [-0.05, 0) is 68.5 Å². The number of fused-ring (bicyclic) bond motifs is 1. The fourth-order valence-electron chi connectivity index (χ4n) is 4.00. The van der Waals surface area contributed by atoms with Gasteiger partial charge >= 0.3 is 0 Å². The van der Waals surface area contributed by atoms with Crippen molar-refractivity contribution in [3.05, 3.63) is 35.3 Å². The zero-order valence-corrected chi connectivity index (χ0v) is 17.9. The number of aromatic nitrogens is 1. The van der Waals surface area contributed by atoms with Crippen molar-refractivity contribution in [1.82, 2.24) is 15.2 Å². The molecule has 2 fully saturated rings. The fraction of sp³-hybridized carbons (Fsp3) is 0.524. The molecule has 1 amide bonds. The minimum atomic E-state index is 0. The Morgan fingerprint density at radius 2 is 1.89 bits per heavy atom. The molecule has 2 aromatic rings. The van der Waals surface area contributed by atoms with Crippen molar-refractivity contribution in [2.45, 2.75) is 26.2 Å². The molecule has 7 heteroatoms. The highest BCUT2D eigenvalue weighted by Crippen LogP contribution is 2.29. The number of likely N-dealkylation sites (tertiary alicyclic amines) is 1. The number of nitrogens with zero attached hydrogens (tertiary/aromatic N) is 2. The van der Waals surface area contributed by atoms with Crippen molar-refractivity contribution < 1.29 is 9.53 Å². The maximum atomic E-state index is 12.9. The Balaban J connectivity index is 0.00000225. The first kappa shape index (κ1) is 21.1. The summed E-state index contributed by atoms with van der Waals surface area (Å²) >= 11 is 1.53. The van der Waals surface area contributed by atoms with E-state index in [0.717, 1.165) is 80.2 Å².